The van der Waals surface area contributed by atoms with Crippen LogP contribution in [0.2, 0.25) is 0 Å². The van der Waals surface area contributed by atoms with Crippen molar-refractivity contribution >= 4 is 5.97 Å². The van der Waals surface area contributed by atoms with E-state index in [-0.39, 0.29) is 34.7 Å². The van der Waals surface area contributed by atoms with Crippen molar-refractivity contribution in [1.29, 1.82) is 0 Å². The van der Waals surface area contributed by atoms with E-state index in [1.807, 2.05) is 6.92 Å². The molecule has 3 saturated carbocycles. The van der Waals surface area contributed by atoms with E-state index in [9.17, 15) is 25.2 Å². The van der Waals surface area contributed by atoms with Crippen molar-refractivity contribution in [3.8, 4) is 0 Å². The Labute approximate surface area is 210 Å². The molecule has 5 aliphatic carbocycles. The van der Waals surface area contributed by atoms with Crippen LogP contribution in [0.4, 0.5) is 0 Å². The van der Waals surface area contributed by atoms with E-state index in [4.69, 9.17) is 0 Å². The number of aliphatic hydroxyl groups excluding tert-OH is 3. The molecule has 0 radical (unpaired) electrons. The second kappa shape index (κ2) is 7.68. The van der Waals surface area contributed by atoms with Gasteiger partial charge in [0.2, 0.25) is 0 Å². The van der Waals surface area contributed by atoms with Crippen molar-refractivity contribution in [2.45, 2.75) is 105 Å². The molecule has 0 bridgehead atoms. The first-order valence-electron chi connectivity index (χ1n) is 13.8. The highest BCUT2D eigenvalue weighted by Gasteiger charge is 2.70. The average Bonchev–Trinajstić information content (AvgIpc) is 2.80. The van der Waals surface area contributed by atoms with Gasteiger partial charge in [-0.15, -0.1) is 0 Å². The largest absolute Gasteiger partial charge is 0.481 e. The van der Waals surface area contributed by atoms with E-state index < -0.39 is 29.0 Å². The zero-order valence-corrected chi connectivity index (χ0v) is 22.5. The highest BCUT2D eigenvalue weighted by atomic mass is 16.4. The molecular weight excluding hydrogens is 440 g/mol. The third kappa shape index (κ3) is 2.89. The van der Waals surface area contributed by atoms with Crippen LogP contribution >= 0.6 is 0 Å². The number of carboxylic acids is 1. The Morgan fingerprint density at radius 2 is 1.71 bits per heavy atom. The summed E-state index contributed by atoms with van der Waals surface area (Å²) in [5, 5.41) is 42.8. The lowest BCUT2D eigenvalue weighted by Crippen LogP contribution is -2.68. The third-order valence-corrected chi connectivity index (χ3v) is 13.0. The van der Waals surface area contributed by atoms with Crippen LogP contribution in [-0.2, 0) is 4.79 Å². The molecular formula is C30H46O5. The summed E-state index contributed by atoms with van der Waals surface area (Å²) in [6, 6.07) is 0. The molecule has 3 fully saturated rings. The molecule has 0 saturated heterocycles. The molecule has 0 aromatic heterocycles. The highest BCUT2D eigenvalue weighted by Crippen LogP contribution is 2.75. The number of aliphatic carboxylic acids is 1. The van der Waals surface area contributed by atoms with Gasteiger partial charge in [-0.25, -0.2) is 0 Å². The summed E-state index contributed by atoms with van der Waals surface area (Å²) in [6.07, 6.45) is 7.17. The summed E-state index contributed by atoms with van der Waals surface area (Å²) in [5.74, 6) is -0.224. The molecule has 5 nitrogen and oxygen atoms in total. The summed E-state index contributed by atoms with van der Waals surface area (Å²) in [7, 11) is 0. The normalized spacial score (nSPS) is 53.6. The number of carbonyl (C=O) groups is 1. The van der Waals surface area contributed by atoms with Crippen LogP contribution in [0.5, 0.6) is 0 Å². The Balaban J connectivity index is 1.64. The van der Waals surface area contributed by atoms with Crippen LogP contribution in [0, 0.1) is 44.8 Å². The van der Waals surface area contributed by atoms with Gasteiger partial charge in [-0.1, -0.05) is 50.5 Å². The summed E-state index contributed by atoms with van der Waals surface area (Å²) in [4.78, 5) is 12.8. The van der Waals surface area contributed by atoms with E-state index in [0.29, 0.717) is 18.8 Å². The Morgan fingerprint density at radius 1 is 1.03 bits per heavy atom. The number of rotatable bonds is 2. The Morgan fingerprint density at radius 3 is 2.34 bits per heavy atom. The van der Waals surface area contributed by atoms with Gasteiger partial charge < -0.3 is 20.4 Å². The molecule has 0 heterocycles. The van der Waals surface area contributed by atoms with Crippen LogP contribution in [0.3, 0.4) is 0 Å². The van der Waals surface area contributed by atoms with Crippen molar-refractivity contribution in [2.24, 2.45) is 44.8 Å². The van der Waals surface area contributed by atoms with Gasteiger partial charge >= 0.3 is 5.97 Å². The highest BCUT2D eigenvalue weighted by molar-refractivity contribution is 5.78. The molecule has 5 rings (SSSR count). The number of hydrogen-bond donors (Lipinski definition) is 4. The summed E-state index contributed by atoms with van der Waals surface area (Å²) in [6.45, 7) is 13.3. The molecule has 35 heavy (non-hydrogen) atoms. The molecule has 0 aromatic rings. The van der Waals surface area contributed by atoms with Gasteiger partial charge in [-0.05, 0) is 93.3 Å². The first-order chi connectivity index (χ1) is 16.2. The van der Waals surface area contributed by atoms with E-state index in [0.717, 1.165) is 38.5 Å². The first-order valence-corrected chi connectivity index (χ1v) is 13.8. The minimum Gasteiger partial charge on any atom is -0.481 e. The van der Waals surface area contributed by atoms with E-state index >= 15 is 0 Å². The standard InChI is InChI=1S/C30H46O5/c1-17-9-12-30(25(34)35)14-13-28(5)19(23(30)18(17)2)7-8-22-26(3)15-20(32)24(33)27(4,16-31)21(26)10-11-29(22,28)6/h7,20-24,31-33H,8-16H2,1-6H3,(H,34,35)/t20-,21-,22+,23+,24+,26+,27+,28-,29-,30+/m1/s1. The van der Waals surface area contributed by atoms with Gasteiger partial charge in [0.15, 0.2) is 0 Å². The monoisotopic (exact) mass is 486 g/mol. The smallest absolute Gasteiger partial charge is 0.310 e. The van der Waals surface area contributed by atoms with Crippen molar-refractivity contribution in [3.63, 3.8) is 0 Å². The second-order valence-electron chi connectivity index (χ2n) is 14.0. The summed E-state index contributed by atoms with van der Waals surface area (Å²) in [5.41, 5.74) is 2.21. The number of aliphatic hydroxyl groups is 3. The maximum atomic E-state index is 12.8. The van der Waals surface area contributed by atoms with Crippen LogP contribution in [0.1, 0.15) is 92.9 Å². The SMILES string of the molecule is CC1=C(C)[C@H]2C3=CC[C@H]4[C@@]5(C)C[C@@H](O)[C@H](O)[C@@](C)(CO)[C@@H]5CC[C@@]4(C)[C@]3(C)CC[C@@]2(C(=O)O)CC1. The van der Waals surface area contributed by atoms with Gasteiger partial charge in [-0.3, -0.25) is 4.79 Å². The molecule has 4 N–H and O–H groups in total. The van der Waals surface area contributed by atoms with E-state index in [1.54, 1.807) is 0 Å². The fourth-order valence-corrected chi connectivity index (χ4v) is 10.6. The number of hydrogen-bond acceptors (Lipinski definition) is 4. The lowest BCUT2D eigenvalue weighted by atomic mass is 9.33. The van der Waals surface area contributed by atoms with Gasteiger partial charge in [-0.2, -0.15) is 0 Å². The van der Waals surface area contributed by atoms with Crippen LogP contribution in [0.25, 0.3) is 0 Å². The number of fused-ring (bicyclic) bond motifs is 7. The maximum Gasteiger partial charge on any atom is 0.310 e. The van der Waals surface area contributed by atoms with Crippen molar-refractivity contribution in [3.05, 3.63) is 22.8 Å². The molecule has 5 heteroatoms. The summed E-state index contributed by atoms with van der Waals surface area (Å²) < 4.78 is 0. The Kier molecular flexibility index (Phi) is 5.59. The Hall–Kier alpha value is -1.17. The summed E-state index contributed by atoms with van der Waals surface area (Å²) >= 11 is 0. The Bertz CT molecular complexity index is 999. The number of carboxylic acid groups (broad SMARTS) is 1. The fraction of sp³-hybridized carbons (Fsp3) is 0.833. The third-order valence-electron chi connectivity index (χ3n) is 13.0. The zero-order chi connectivity index (χ0) is 25.8. The minimum absolute atomic E-state index is 0.0303. The lowest BCUT2D eigenvalue weighted by Gasteiger charge is -2.71. The molecule has 0 spiro atoms. The molecule has 10 atom stereocenters. The van der Waals surface area contributed by atoms with Gasteiger partial charge in [0.1, 0.15) is 0 Å². The zero-order valence-electron chi connectivity index (χ0n) is 22.5. The van der Waals surface area contributed by atoms with Crippen molar-refractivity contribution in [1.82, 2.24) is 0 Å². The van der Waals surface area contributed by atoms with Gasteiger partial charge in [0.25, 0.3) is 0 Å². The molecule has 5 aliphatic rings. The maximum absolute atomic E-state index is 12.8. The molecule has 0 amide bonds. The topological polar surface area (TPSA) is 98.0 Å². The minimum atomic E-state index is -0.913. The van der Waals surface area contributed by atoms with Crippen molar-refractivity contribution < 1.29 is 25.2 Å². The lowest BCUT2D eigenvalue weighted by molar-refractivity contribution is -0.242. The number of allylic oxidation sites excluding steroid dienone is 4. The van der Waals surface area contributed by atoms with Crippen LogP contribution < -0.4 is 0 Å². The van der Waals surface area contributed by atoms with E-state index in [2.05, 4.69) is 40.7 Å². The van der Waals surface area contributed by atoms with Crippen LogP contribution in [-0.4, -0.2) is 45.2 Å². The van der Waals surface area contributed by atoms with Crippen LogP contribution in [0.15, 0.2) is 22.8 Å². The van der Waals surface area contributed by atoms with E-state index in [1.165, 1.54) is 16.7 Å². The molecule has 196 valence electrons. The fourth-order valence-electron chi connectivity index (χ4n) is 10.6. The van der Waals surface area contributed by atoms with Crippen molar-refractivity contribution in [2.75, 3.05) is 6.61 Å². The average molecular weight is 487 g/mol. The first kappa shape index (κ1) is 25.5. The predicted molar refractivity (Wildman–Crippen MR) is 135 cm³/mol. The second-order valence-corrected chi connectivity index (χ2v) is 14.0. The molecule has 0 unspecified atom stereocenters. The van der Waals surface area contributed by atoms with Gasteiger partial charge in [0, 0.05) is 11.3 Å². The molecule has 0 aliphatic heterocycles. The van der Waals surface area contributed by atoms with Gasteiger partial charge in [0.05, 0.1) is 24.2 Å². The quantitative estimate of drug-likeness (QED) is 0.407. The molecule has 0 aromatic carbocycles. The predicted octanol–water partition coefficient (Wildman–Crippen LogP) is 5.10.